The van der Waals surface area contributed by atoms with Crippen molar-refractivity contribution in [1.82, 2.24) is 4.98 Å². The molecule has 6 nitrogen and oxygen atoms in total. The molecule has 2 aromatic carbocycles. The number of para-hydroxylation sites is 1. The number of carbonyl (C=O) groups excluding carboxylic acids is 2. The molecule has 1 aromatic heterocycles. The molecule has 0 spiro atoms. The zero-order valence-electron chi connectivity index (χ0n) is 11.1. The topological polar surface area (TPSA) is 93.1 Å². The van der Waals surface area contributed by atoms with Crippen LogP contribution in [0.3, 0.4) is 0 Å². The Balaban J connectivity index is 2.03. The summed E-state index contributed by atoms with van der Waals surface area (Å²) in [5, 5.41) is 11.5. The highest BCUT2D eigenvalue weighted by atomic mass is 16.6. The lowest BCUT2D eigenvalue weighted by atomic mass is 9.86. The van der Waals surface area contributed by atoms with Crippen molar-refractivity contribution in [2.45, 2.75) is 0 Å². The number of nitrogens with zero attached hydrogens (tertiary/aromatic N) is 1. The van der Waals surface area contributed by atoms with Gasteiger partial charge in [-0.05, 0) is 12.1 Å². The Hall–Kier alpha value is -3.28. The van der Waals surface area contributed by atoms with Gasteiger partial charge in [-0.3, -0.25) is 19.7 Å². The van der Waals surface area contributed by atoms with Gasteiger partial charge in [-0.2, -0.15) is 0 Å². The number of hydrogen-bond acceptors (Lipinski definition) is 4. The average Bonchev–Trinajstić information content (AvgIpc) is 2.92. The minimum absolute atomic E-state index is 0.0678. The molecule has 1 N–H and O–H groups in total. The summed E-state index contributed by atoms with van der Waals surface area (Å²) in [6.45, 7) is 0. The molecule has 0 saturated heterocycles. The van der Waals surface area contributed by atoms with E-state index in [-0.39, 0.29) is 28.3 Å². The Morgan fingerprint density at radius 1 is 0.955 bits per heavy atom. The minimum atomic E-state index is -0.585. The molecular weight excluding hydrogens is 284 g/mol. The number of carbonyl (C=O) groups is 2. The molecule has 0 saturated carbocycles. The van der Waals surface area contributed by atoms with E-state index in [0.29, 0.717) is 16.5 Å². The maximum absolute atomic E-state index is 12.7. The van der Waals surface area contributed by atoms with Crippen molar-refractivity contribution in [2.75, 3.05) is 0 Å². The van der Waals surface area contributed by atoms with Crippen LogP contribution in [0.2, 0.25) is 0 Å². The van der Waals surface area contributed by atoms with Crippen molar-refractivity contribution in [3.05, 3.63) is 75.0 Å². The zero-order chi connectivity index (χ0) is 15.4. The monoisotopic (exact) mass is 292 g/mol. The number of rotatable bonds is 1. The summed E-state index contributed by atoms with van der Waals surface area (Å²) in [5.74, 6) is -0.693. The van der Waals surface area contributed by atoms with E-state index >= 15 is 0 Å². The maximum Gasteiger partial charge on any atom is 0.270 e. The standard InChI is InChI=1S/C16H8N2O4/c19-15-9-6-5-8(18(21)22)7-11(9)16(20)14-13(15)10-3-1-2-4-12(10)17-14/h1-7,17H. The molecule has 1 heterocycles. The first-order chi connectivity index (χ1) is 10.6. The van der Waals surface area contributed by atoms with Crippen LogP contribution in [0.25, 0.3) is 10.9 Å². The van der Waals surface area contributed by atoms with Gasteiger partial charge in [0.1, 0.15) is 0 Å². The van der Waals surface area contributed by atoms with Gasteiger partial charge in [-0.15, -0.1) is 0 Å². The summed E-state index contributed by atoms with van der Waals surface area (Å²) in [6, 6.07) is 10.9. The van der Waals surface area contributed by atoms with Gasteiger partial charge in [-0.25, -0.2) is 0 Å². The largest absolute Gasteiger partial charge is 0.351 e. The van der Waals surface area contributed by atoms with Crippen LogP contribution >= 0.6 is 0 Å². The summed E-state index contributed by atoms with van der Waals surface area (Å²) < 4.78 is 0. The molecule has 1 aliphatic carbocycles. The van der Waals surface area contributed by atoms with E-state index in [2.05, 4.69) is 4.98 Å². The molecule has 0 bridgehead atoms. The third-order valence-electron chi connectivity index (χ3n) is 3.86. The molecule has 4 rings (SSSR count). The first-order valence-corrected chi connectivity index (χ1v) is 6.56. The van der Waals surface area contributed by atoms with Crippen molar-refractivity contribution in [3.63, 3.8) is 0 Å². The van der Waals surface area contributed by atoms with Gasteiger partial charge in [0.15, 0.2) is 5.78 Å². The summed E-state index contributed by atoms with van der Waals surface area (Å²) in [5.41, 5.74) is 1.28. The van der Waals surface area contributed by atoms with Crippen LogP contribution in [0.1, 0.15) is 32.0 Å². The number of H-pyrrole nitrogens is 1. The van der Waals surface area contributed by atoms with Gasteiger partial charge in [0.2, 0.25) is 5.78 Å². The molecule has 0 aliphatic heterocycles. The normalized spacial score (nSPS) is 13.1. The predicted octanol–water partition coefficient (Wildman–Crippen LogP) is 2.85. The number of aromatic amines is 1. The van der Waals surface area contributed by atoms with Gasteiger partial charge in [0, 0.05) is 34.2 Å². The number of aromatic nitrogens is 1. The number of nitro benzene ring substituents is 1. The van der Waals surface area contributed by atoms with Crippen LogP contribution in [0.5, 0.6) is 0 Å². The highest BCUT2D eigenvalue weighted by Gasteiger charge is 2.34. The quantitative estimate of drug-likeness (QED) is 0.431. The first kappa shape index (κ1) is 12.5. The van der Waals surface area contributed by atoms with E-state index in [4.69, 9.17) is 0 Å². The molecule has 0 radical (unpaired) electrons. The summed E-state index contributed by atoms with van der Waals surface area (Å²) in [6.07, 6.45) is 0. The van der Waals surface area contributed by atoms with Crippen LogP contribution in [0.4, 0.5) is 5.69 Å². The van der Waals surface area contributed by atoms with E-state index in [9.17, 15) is 19.7 Å². The maximum atomic E-state index is 12.7. The van der Waals surface area contributed by atoms with E-state index in [1.807, 2.05) is 0 Å². The summed E-state index contributed by atoms with van der Waals surface area (Å²) in [4.78, 5) is 38.5. The Morgan fingerprint density at radius 3 is 2.50 bits per heavy atom. The second kappa shape index (κ2) is 4.11. The van der Waals surface area contributed by atoms with Gasteiger partial charge in [0.25, 0.3) is 5.69 Å². The van der Waals surface area contributed by atoms with Crippen molar-refractivity contribution in [2.24, 2.45) is 0 Å². The molecule has 0 atom stereocenters. The van der Waals surface area contributed by atoms with Gasteiger partial charge in [-0.1, -0.05) is 18.2 Å². The van der Waals surface area contributed by atoms with Gasteiger partial charge >= 0.3 is 0 Å². The third-order valence-corrected chi connectivity index (χ3v) is 3.86. The van der Waals surface area contributed by atoms with Gasteiger partial charge in [0.05, 0.1) is 16.2 Å². The number of benzene rings is 2. The predicted molar refractivity (Wildman–Crippen MR) is 78.3 cm³/mol. The van der Waals surface area contributed by atoms with E-state index < -0.39 is 10.7 Å². The number of non-ortho nitro benzene ring substituents is 1. The Morgan fingerprint density at radius 2 is 1.73 bits per heavy atom. The lowest BCUT2D eigenvalue weighted by molar-refractivity contribution is -0.384. The first-order valence-electron chi connectivity index (χ1n) is 6.56. The SMILES string of the molecule is O=C1c2cc([N+](=O)[O-])ccc2C(=O)c2c1[nH]c1ccccc21. The molecule has 0 amide bonds. The van der Waals surface area contributed by atoms with Crippen molar-refractivity contribution in [1.29, 1.82) is 0 Å². The van der Waals surface area contributed by atoms with Crippen LogP contribution in [0, 0.1) is 10.1 Å². The van der Waals surface area contributed by atoms with Crippen LogP contribution in [0.15, 0.2) is 42.5 Å². The second-order valence-corrected chi connectivity index (χ2v) is 5.07. The molecule has 6 heteroatoms. The highest BCUT2D eigenvalue weighted by Crippen LogP contribution is 2.33. The molecule has 0 fully saturated rings. The zero-order valence-corrected chi connectivity index (χ0v) is 11.1. The highest BCUT2D eigenvalue weighted by molar-refractivity contribution is 6.32. The molecule has 3 aromatic rings. The van der Waals surface area contributed by atoms with Crippen LogP contribution in [-0.2, 0) is 0 Å². The Kier molecular flexibility index (Phi) is 2.33. The molecule has 22 heavy (non-hydrogen) atoms. The van der Waals surface area contributed by atoms with Crippen molar-refractivity contribution in [3.8, 4) is 0 Å². The van der Waals surface area contributed by atoms with E-state index in [0.717, 1.165) is 6.07 Å². The van der Waals surface area contributed by atoms with Crippen molar-refractivity contribution < 1.29 is 14.5 Å². The number of hydrogen-bond donors (Lipinski definition) is 1. The summed E-state index contributed by atoms with van der Waals surface area (Å²) >= 11 is 0. The number of ketones is 2. The van der Waals surface area contributed by atoms with E-state index in [1.165, 1.54) is 12.1 Å². The molecule has 0 unspecified atom stereocenters. The number of nitro groups is 1. The number of fused-ring (bicyclic) bond motifs is 4. The van der Waals surface area contributed by atoms with E-state index in [1.54, 1.807) is 24.3 Å². The second-order valence-electron chi connectivity index (χ2n) is 5.07. The minimum Gasteiger partial charge on any atom is -0.351 e. The lowest BCUT2D eigenvalue weighted by Crippen LogP contribution is -2.20. The Labute approximate surface area is 123 Å². The lowest BCUT2D eigenvalue weighted by Gasteiger charge is -2.13. The molecule has 106 valence electrons. The fourth-order valence-corrected chi connectivity index (χ4v) is 2.85. The molecule has 1 aliphatic rings. The fraction of sp³-hybridized carbons (Fsp3) is 0. The van der Waals surface area contributed by atoms with Gasteiger partial charge < -0.3 is 4.98 Å². The fourth-order valence-electron chi connectivity index (χ4n) is 2.85. The third kappa shape index (κ3) is 1.49. The number of nitrogens with one attached hydrogen (secondary N) is 1. The van der Waals surface area contributed by atoms with Crippen LogP contribution in [-0.4, -0.2) is 21.5 Å². The van der Waals surface area contributed by atoms with Crippen LogP contribution < -0.4 is 0 Å². The molecular formula is C16H8N2O4. The summed E-state index contributed by atoms with van der Waals surface area (Å²) in [7, 11) is 0. The smallest absolute Gasteiger partial charge is 0.270 e. The Bertz CT molecular complexity index is 1000. The van der Waals surface area contributed by atoms with Crippen molar-refractivity contribution >= 4 is 28.2 Å². The average molecular weight is 292 g/mol.